The molecule has 0 radical (unpaired) electrons. The van der Waals surface area contributed by atoms with Crippen LogP contribution < -0.4 is 5.32 Å². The lowest BCUT2D eigenvalue weighted by Crippen LogP contribution is -2.27. The second-order valence-corrected chi connectivity index (χ2v) is 7.54. The predicted molar refractivity (Wildman–Crippen MR) is 98.3 cm³/mol. The Bertz CT molecular complexity index is 346. The number of nitrogens with one attached hydrogen (secondary N) is 1. The van der Waals surface area contributed by atoms with Gasteiger partial charge in [0, 0.05) is 18.1 Å². The highest BCUT2D eigenvalue weighted by Crippen LogP contribution is 2.18. The van der Waals surface area contributed by atoms with Crippen LogP contribution in [0.5, 0.6) is 0 Å². The van der Waals surface area contributed by atoms with Crippen LogP contribution in [0.1, 0.15) is 25.3 Å². The van der Waals surface area contributed by atoms with Crippen LogP contribution in [-0.2, 0) is 11.2 Å². The van der Waals surface area contributed by atoms with Crippen LogP contribution >= 0.6 is 27.7 Å². The first kappa shape index (κ1) is 19.0. The van der Waals surface area contributed by atoms with Gasteiger partial charge in [0.15, 0.2) is 0 Å². The highest BCUT2D eigenvalue weighted by atomic mass is 79.9. The maximum Gasteiger partial charge on any atom is 0.0587 e. The second kappa shape index (κ2) is 12.5. The van der Waals surface area contributed by atoms with Crippen molar-refractivity contribution in [2.75, 3.05) is 38.3 Å². The summed E-state index contributed by atoms with van der Waals surface area (Å²) in [4.78, 5) is 0. The van der Waals surface area contributed by atoms with Gasteiger partial charge in [0.1, 0.15) is 0 Å². The Labute approximate surface area is 142 Å². The third-order valence-corrected chi connectivity index (χ3v) is 4.97. The summed E-state index contributed by atoms with van der Waals surface area (Å²) in [6.45, 7) is 5.04. The van der Waals surface area contributed by atoms with Crippen LogP contribution in [0.4, 0.5) is 0 Å². The van der Waals surface area contributed by atoms with Gasteiger partial charge >= 0.3 is 0 Å². The number of methoxy groups -OCH3 is 1. The molecule has 21 heavy (non-hydrogen) atoms. The van der Waals surface area contributed by atoms with Gasteiger partial charge in [-0.2, -0.15) is 11.8 Å². The summed E-state index contributed by atoms with van der Waals surface area (Å²) in [6, 6.07) is 8.73. The van der Waals surface area contributed by atoms with E-state index in [4.69, 9.17) is 4.74 Å². The van der Waals surface area contributed by atoms with Gasteiger partial charge in [0.05, 0.1) is 6.61 Å². The van der Waals surface area contributed by atoms with Crippen molar-refractivity contribution in [1.82, 2.24) is 5.32 Å². The van der Waals surface area contributed by atoms with E-state index in [9.17, 15) is 0 Å². The monoisotopic (exact) mass is 373 g/mol. The van der Waals surface area contributed by atoms with E-state index in [1.165, 1.54) is 29.9 Å². The van der Waals surface area contributed by atoms with Crippen molar-refractivity contribution in [2.45, 2.75) is 26.2 Å². The molecule has 1 aromatic rings. The van der Waals surface area contributed by atoms with E-state index in [1.807, 2.05) is 11.8 Å². The van der Waals surface area contributed by atoms with E-state index < -0.39 is 0 Å². The number of hydrogen-bond donors (Lipinski definition) is 1. The van der Waals surface area contributed by atoms with Crippen LogP contribution in [0.15, 0.2) is 28.7 Å². The quantitative estimate of drug-likeness (QED) is 0.549. The highest BCUT2D eigenvalue weighted by molar-refractivity contribution is 9.10. The predicted octanol–water partition coefficient (Wildman–Crippen LogP) is 4.38. The fourth-order valence-corrected chi connectivity index (χ4v) is 3.25. The van der Waals surface area contributed by atoms with Crippen molar-refractivity contribution in [3.63, 3.8) is 0 Å². The Hall–Kier alpha value is -0.0300. The summed E-state index contributed by atoms with van der Waals surface area (Å²) < 4.78 is 6.25. The number of thioether (sulfide) groups is 1. The normalized spacial score (nSPS) is 12.5. The van der Waals surface area contributed by atoms with Gasteiger partial charge in [0.25, 0.3) is 0 Å². The molecule has 0 amide bonds. The lowest BCUT2D eigenvalue weighted by Gasteiger charge is -2.18. The van der Waals surface area contributed by atoms with Crippen molar-refractivity contribution in [3.8, 4) is 0 Å². The molecule has 0 bridgehead atoms. The lowest BCUT2D eigenvalue weighted by atomic mass is 9.95. The molecule has 0 saturated heterocycles. The Morgan fingerprint density at radius 1 is 1.29 bits per heavy atom. The highest BCUT2D eigenvalue weighted by Gasteiger charge is 2.09. The molecule has 0 aromatic heterocycles. The Morgan fingerprint density at radius 3 is 2.71 bits per heavy atom. The van der Waals surface area contributed by atoms with Gasteiger partial charge in [-0.05, 0) is 60.9 Å². The summed E-state index contributed by atoms with van der Waals surface area (Å²) in [5.74, 6) is 3.22. The van der Waals surface area contributed by atoms with Gasteiger partial charge in [-0.1, -0.05) is 35.0 Å². The van der Waals surface area contributed by atoms with Gasteiger partial charge < -0.3 is 10.1 Å². The van der Waals surface area contributed by atoms with Gasteiger partial charge in [-0.3, -0.25) is 0 Å². The number of hydrogen-bond acceptors (Lipinski definition) is 3. The van der Waals surface area contributed by atoms with E-state index in [0.717, 1.165) is 30.6 Å². The summed E-state index contributed by atoms with van der Waals surface area (Å²) in [6.07, 6.45) is 3.76. The molecule has 1 aromatic carbocycles. The first-order valence-corrected chi connectivity index (χ1v) is 9.72. The summed E-state index contributed by atoms with van der Waals surface area (Å²) in [5, 5.41) is 3.52. The molecule has 1 unspecified atom stereocenters. The molecule has 4 heteroatoms. The molecule has 2 nitrogen and oxygen atoms in total. The molecular formula is C17H28BrNOS. The lowest BCUT2D eigenvalue weighted by molar-refractivity contribution is 0.197. The first-order chi connectivity index (χ1) is 10.3. The molecule has 0 aliphatic carbocycles. The van der Waals surface area contributed by atoms with Crippen LogP contribution in [0.3, 0.4) is 0 Å². The standard InChI is InChI=1S/C17H28BrNOS/c1-3-21-12-4-5-16(14-19-10-11-20-2)13-15-6-8-17(18)9-7-15/h6-9,16,19H,3-5,10-14H2,1-2H3. The maximum atomic E-state index is 5.10. The molecule has 0 saturated carbocycles. The second-order valence-electron chi connectivity index (χ2n) is 5.23. The number of halogens is 1. The molecule has 0 fully saturated rings. The van der Waals surface area contributed by atoms with E-state index in [1.54, 1.807) is 7.11 Å². The van der Waals surface area contributed by atoms with Crippen LogP contribution in [-0.4, -0.2) is 38.3 Å². The van der Waals surface area contributed by atoms with E-state index in [0.29, 0.717) is 5.92 Å². The molecular weight excluding hydrogens is 346 g/mol. The number of rotatable bonds is 12. The fourth-order valence-electron chi connectivity index (χ4n) is 2.33. The minimum atomic E-state index is 0.709. The first-order valence-electron chi connectivity index (χ1n) is 7.78. The zero-order valence-electron chi connectivity index (χ0n) is 13.2. The Balaban J connectivity index is 2.39. The van der Waals surface area contributed by atoms with E-state index in [-0.39, 0.29) is 0 Å². The maximum absolute atomic E-state index is 5.10. The summed E-state index contributed by atoms with van der Waals surface area (Å²) in [7, 11) is 1.75. The SMILES string of the molecule is CCSCCCC(CNCCOC)Cc1ccc(Br)cc1. The number of ether oxygens (including phenoxy) is 1. The average molecular weight is 374 g/mol. The summed E-state index contributed by atoms with van der Waals surface area (Å²) >= 11 is 5.54. The minimum Gasteiger partial charge on any atom is -0.383 e. The smallest absolute Gasteiger partial charge is 0.0587 e. The van der Waals surface area contributed by atoms with Crippen molar-refractivity contribution in [3.05, 3.63) is 34.3 Å². The van der Waals surface area contributed by atoms with E-state index >= 15 is 0 Å². The molecule has 0 aliphatic rings. The molecule has 0 spiro atoms. The molecule has 120 valence electrons. The minimum absolute atomic E-state index is 0.709. The fraction of sp³-hybridized carbons (Fsp3) is 0.647. The average Bonchev–Trinajstić information content (AvgIpc) is 2.50. The van der Waals surface area contributed by atoms with Crippen molar-refractivity contribution in [1.29, 1.82) is 0 Å². The summed E-state index contributed by atoms with van der Waals surface area (Å²) in [5.41, 5.74) is 1.43. The topological polar surface area (TPSA) is 21.3 Å². The molecule has 1 rings (SSSR count). The Morgan fingerprint density at radius 2 is 2.05 bits per heavy atom. The largest absolute Gasteiger partial charge is 0.383 e. The van der Waals surface area contributed by atoms with Gasteiger partial charge in [0.2, 0.25) is 0 Å². The van der Waals surface area contributed by atoms with Crippen LogP contribution in [0, 0.1) is 5.92 Å². The third kappa shape index (κ3) is 9.56. The zero-order valence-corrected chi connectivity index (χ0v) is 15.6. The van der Waals surface area contributed by atoms with Crippen LogP contribution in [0.25, 0.3) is 0 Å². The molecule has 0 aliphatic heterocycles. The van der Waals surface area contributed by atoms with Crippen molar-refractivity contribution >= 4 is 27.7 Å². The molecule has 1 N–H and O–H groups in total. The third-order valence-electron chi connectivity index (χ3n) is 3.46. The van der Waals surface area contributed by atoms with E-state index in [2.05, 4.69) is 52.4 Å². The molecule has 0 heterocycles. The van der Waals surface area contributed by atoms with Crippen molar-refractivity contribution < 1.29 is 4.74 Å². The van der Waals surface area contributed by atoms with Crippen LogP contribution in [0.2, 0.25) is 0 Å². The van der Waals surface area contributed by atoms with Crippen molar-refractivity contribution in [2.24, 2.45) is 5.92 Å². The molecule has 1 atom stereocenters. The number of benzene rings is 1. The Kier molecular flexibility index (Phi) is 11.3. The van der Waals surface area contributed by atoms with Gasteiger partial charge in [-0.25, -0.2) is 0 Å². The van der Waals surface area contributed by atoms with Gasteiger partial charge in [-0.15, -0.1) is 0 Å². The zero-order chi connectivity index (χ0) is 15.3.